The van der Waals surface area contributed by atoms with E-state index in [9.17, 15) is 25.2 Å². The molecule has 4 unspecified atom stereocenters. The number of amides is 1. The van der Waals surface area contributed by atoms with E-state index in [2.05, 4.69) is 31.3 Å². The van der Waals surface area contributed by atoms with Gasteiger partial charge in [0.05, 0.1) is 18.8 Å². The highest BCUT2D eigenvalue weighted by atomic mass is 16.3. The number of unbranched alkanes of at least 4 members (excludes halogenated alkanes) is 33. The lowest BCUT2D eigenvalue weighted by molar-refractivity contribution is -0.132. The minimum Gasteiger partial charge on any atom is -0.394 e. The van der Waals surface area contributed by atoms with Crippen molar-refractivity contribution in [2.75, 3.05) is 6.61 Å². The molecule has 0 rings (SSSR count). The van der Waals surface area contributed by atoms with Crippen LogP contribution in [0.25, 0.3) is 0 Å². The number of hydrogen-bond acceptors (Lipinski definition) is 5. The van der Waals surface area contributed by atoms with Gasteiger partial charge in [0.1, 0.15) is 12.2 Å². The maximum atomic E-state index is 12.5. The summed E-state index contributed by atoms with van der Waals surface area (Å²) in [7, 11) is 0. The maximum absolute atomic E-state index is 12.5. The second kappa shape index (κ2) is 43.2. The monoisotopic (exact) mass is 766 g/mol. The highest BCUT2D eigenvalue weighted by Gasteiger charge is 2.28. The molecule has 0 aliphatic heterocycles. The molecule has 322 valence electrons. The number of rotatable bonds is 44. The highest BCUT2D eigenvalue weighted by Crippen LogP contribution is 2.17. The van der Waals surface area contributed by atoms with Crippen LogP contribution < -0.4 is 5.32 Å². The van der Waals surface area contributed by atoms with Crippen molar-refractivity contribution in [3.63, 3.8) is 0 Å². The zero-order valence-corrected chi connectivity index (χ0v) is 36.2. The molecule has 6 nitrogen and oxygen atoms in total. The summed E-state index contributed by atoms with van der Waals surface area (Å²) in [5.41, 5.74) is 0. The summed E-state index contributed by atoms with van der Waals surface area (Å²) in [6.45, 7) is 4.03. The fraction of sp³-hybridized carbons (Fsp3) is 0.938. The predicted molar refractivity (Wildman–Crippen MR) is 233 cm³/mol. The molecule has 0 spiro atoms. The van der Waals surface area contributed by atoms with Crippen molar-refractivity contribution in [2.45, 2.75) is 282 Å². The van der Waals surface area contributed by atoms with Gasteiger partial charge in [-0.05, 0) is 38.5 Å². The largest absolute Gasteiger partial charge is 0.394 e. The lowest BCUT2D eigenvalue weighted by Crippen LogP contribution is -2.53. The molecule has 0 aliphatic rings. The second-order valence-electron chi connectivity index (χ2n) is 16.8. The van der Waals surface area contributed by atoms with E-state index in [4.69, 9.17) is 0 Å². The third-order valence-electron chi connectivity index (χ3n) is 11.5. The molecule has 6 heteroatoms. The smallest absolute Gasteiger partial charge is 0.249 e. The van der Waals surface area contributed by atoms with Gasteiger partial charge in [-0.25, -0.2) is 0 Å². The van der Waals surface area contributed by atoms with E-state index in [0.717, 1.165) is 57.8 Å². The first-order chi connectivity index (χ1) is 26.5. The van der Waals surface area contributed by atoms with Crippen molar-refractivity contribution in [2.24, 2.45) is 0 Å². The Morgan fingerprint density at radius 2 is 0.741 bits per heavy atom. The van der Waals surface area contributed by atoms with Crippen LogP contribution in [0.4, 0.5) is 0 Å². The third kappa shape index (κ3) is 36.7. The van der Waals surface area contributed by atoms with E-state index in [0.29, 0.717) is 12.8 Å². The van der Waals surface area contributed by atoms with Crippen LogP contribution in [-0.4, -0.2) is 57.3 Å². The number of aliphatic hydroxyl groups excluding tert-OH is 4. The summed E-state index contributed by atoms with van der Waals surface area (Å²) in [5, 5.41) is 43.7. The Morgan fingerprint density at radius 3 is 1.11 bits per heavy atom. The van der Waals surface area contributed by atoms with Crippen molar-refractivity contribution < 1.29 is 25.2 Å². The Hall–Kier alpha value is -0.950. The van der Waals surface area contributed by atoms with Gasteiger partial charge in [-0.15, -0.1) is 0 Å². The first kappa shape index (κ1) is 53.0. The molecule has 0 aromatic carbocycles. The number of nitrogens with one attached hydrogen (secondary N) is 1. The van der Waals surface area contributed by atoms with Crippen LogP contribution in [0.15, 0.2) is 12.2 Å². The topological polar surface area (TPSA) is 110 Å². The van der Waals surface area contributed by atoms with Crippen molar-refractivity contribution in [1.82, 2.24) is 5.32 Å². The summed E-state index contributed by atoms with van der Waals surface area (Å²) in [6.07, 6.45) is 48.4. The molecule has 4 atom stereocenters. The Balaban J connectivity index is 3.59. The van der Waals surface area contributed by atoms with E-state index >= 15 is 0 Å². The fourth-order valence-corrected chi connectivity index (χ4v) is 7.64. The standard InChI is InChI=1S/C48H95NO5/c1-3-5-7-9-11-13-15-16-17-18-19-20-21-22-23-24-25-26-27-28-29-30-32-33-35-37-39-41-45(51)47(53)44(43-50)49-48(54)46(52)42-40-38-36-34-31-14-12-10-8-6-4-2/h12,14,44-47,50-53H,3-11,13,15-43H2,1-2H3,(H,49,54)/b14-12-. The van der Waals surface area contributed by atoms with Crippen molar-refractivity contribution in [1.29, 1.82) is 0 Å². The number of allylic oxidation sites excluding steroid dienone is 2. The minimum atomic E-state index is -1.26. The molecule has 0 bridgehead atoms. The molecule has 0 heterocycles. The van der Waals surface area contributed by atoms with Gasteiger partial charge >= 0.3 is 0 Å². The Morgan fingerprint density at radius 1 is 0.444 bits per heavy atom. The Kier molecular flexibility index (Phi) is 42.4. The quantitative estimate of drug-likeness (QED) is 0.0313. The van der Waals surface area contributed by atoms with Gasteiger partial charge in [-0.3, -0.25) is 4.79 Å². The summed E-state index contributed by atoms with van der Waals surface area (Å²) >= 11 is 0. The van der Waals surface area contributed by atoms with Crippen molar-refractivity contribution >= 4 is 5.91 Å². The number of carbonyl (C=O) groups is 1. The maximum Gasteiger partial charge on any atom is 0.249 e. The zero-order valence-electron chi connectivity index (χ0n) is 36.2. The van der Waals surface area contributed by atoms with Crippen LogP contribution in [0, 0.1) is 0 Å². The summed E-state index contributed by atoms with van der Waals surface area (Å²) in [4.78, 5) is 12.5. The second-order valence-corrected chi connectivity index (χ2v) is 16.8. The molecule has 0 saturated heterocycles. The fourth-order valence-electron chi connectivity index (χ4n) is 7.64. The molecule has 0 fully saturated rings. The molecule has 0 radical (unpaired) electrons. The summed E-state index contributed by atoms with van der Waals surface area (Å²) in [6, 6.07) is -0.986. The first-order valence-electron chi connectivity index (χ1n) is 24.1. The van der Waals surface area contributed by atoms with Gasteiger partial charge < -0.3 is 25.7 Å². The molecule has 0 aromatic rings. The van der Waals surface area contributed by atoms with Crippen LogP contribution in [0.3, 0.4) is 0 Å². The number of carbonyl (C=O) groups excluding carboxylic acids is 1. The van der Waals surface area contributed by atoms with Gasteiger partial charge in [-0.1, -0.05) is 231 Å². The Bertz CT molecular complexity index is 776. The third-order valence-corrected chi connectivity index (χ3v) is 11.5. The minimum absolute atomic E-state index is 0.356. The van der Waals surface area contributed by atoms with E-state index in [-0.39, 0.29) is 0 Å². The molecule has 1 amide bonds. The van der Waals surface area contributed by atoms with Gasteiger partial charge in [-0.2, -0.15) is 0 Å². The normalized spacial score (nSPS) is 14.1. The van der Waals surface area contributed by atoms with E-state index in [1.54, 1.807) is 0 Å². The van der Waals surface area contributed by atoms with Gasteiger partial charge in [0.25, 0.3) is 0 Å². The van der Waals surface area contributed by atoms with Crippen molar-refractivity contribution in [3.05, 3.63) is 12.2 Å². The average molecular weight is 766 g/mol. The molecule has 5 N–H and O–H groups in total. The highest BCUT2D eigenvalue weighted by molar-refractivity contribution is 5.80. The molecule has 54 heavy (non-hydrogen) atoms. The van der Waals surface area contributed by atoms with Crippen molar-refractivity contribution in [3.8, 4) is 0 Å². The predicted octanol–water partition coefficient (Wildman–Crippen LogP) is 13.0. The van der Waals surface area contributed by atoms with Crippen LogP contribution in [0.5, 0.6) is 0 Å². The van der Waals surface area contributed by atoms with E-state index in [1.165, 1.54) is 173 Å². The van der Waals surface area contributed by atoms with Crippen LogP contribution in [0.2, 0.25) is 0 Å². The zero-order chi connectivity index (χ0) is 39.6. The van der Waals surface area contributed by atoms with Crippen LogP contribution >= 0.6 is 0 Å². The molecule has 0 aliphatic carbocycles. The van der Waals surface area contributed by atoms with Crippen LogP contribution in [0.1, 0.15) is 258 Å². The van der Waals surface area contributed by atoms with E-state index < -0.39 is 36.9 Å². The summed E-state index contributed by atoms with van der Waals surface area (Å²) < 4.78 is 0. The van der Waals surface area contributed by atoms with Crippen LogP contribution in [-0.2, 0) is 4.79 Å². The molecular formula is C48H95NO5. The average Bonchev–Trinajstić information content (AvgIpc) is 3.18. The first-order valence-corrected chi connectivity index (χ1v) is 24.1. The molecule has 0 aromatic heterocycles. The van der Waals surface area contributed by atoms with Gasteiger partial charge in [0.2, 0.25) is 5.91 Å². The lowest BCUT2D eigenvalue weighted by Gasteiger charge is -2.27. The number of aliphatic hydroxyl groups is 4. The van der Waals surface area contributed by atoms with Gasteiger partial charge in [0.15, 0.2) is 0 Å². The SMILES string of the molecule is CCCCC/C=C\CCCCCCC(O)C(=O)NC(CO)C(O)C(O)CCCCCCCCCCCCCCCCCCCCCCCCCCCCC. The summed E-state index contributed by atoms with van der Waals surface area (Å²) in [5.74, 6) is -0.592. The lowest BCUT2D eigenvalue weighted by atomic mass is 9.99. The van der Waals surface area contributed by atoms with E-state index in [1.807, 2.05) is 0 Å². The van der Waals surface area contributed by atoms with Gasteiger partial charge in [0, 0.05) is 0 Å². The number of hydrogen-bond donors (Lipinski definition) is 5. The molecular weight excluding hydrogens is 671 g/mol. The molecule has 0 saturated carbocycles. The Labute approximate surface area is 336 Å².